The van der Waals surface area contributed by atoms with E-state index in [9.17, 15) is 9.70 Å². The molecule has 1 rings (SSSR count). The van der Waals surface area contributed by atoms with E-state index >= 15 is 0 Å². The van der Waals surface area contributed by atoms with Gasteiger partial charge < -0.3 is 0 Å². The van der Waals surface area contributed by atoms with Gasteiger partial charge in [0.1, 0.15) is 6.04 Å². The first-order valence-electron chi connectivity index (χ1n) is 9.44. The Labute approximate surface area is 125 Å². The molecule has 0 fully saturated rings. The molecule has 18 heavy (non-hydrogen) atoms. The van der Waals surface area contributed by atoms with Gasteiger partial charge in [-0.1, -0.05) is 23.7 Å². The SMILES string of the molecule is [2H]C([2H])([2H])C(N(N=O)C(C)C(=O)c1cccc(Cl)c1)(C([2H])([2H])[2H])C([2H])([2H])[2H]. The molecular formula is C13H17ClN2O2. The van der Waals surface area contributed by atoms with Crippen LogP contribution in [0, 0.1) is 4.91 Å². The number of carbonyl (C=O) groups is 1. The maximum absolute atomic E-state index is 12.7. The van der Waals surface area contributed by atoms with E-state index in [0.29, 0.717) is 0 Å². The van der Waals surface area contributed by atoms with Crippen molar-refractivity contribution in [3.8, 4) is 0 Å². The van der Waals surface area contributed by atoms with Crippen LogP contribution in [0.15, 0.2) is 29.6 Å². The Kier molecular flexibility index (Phi) is 1.87. The maximum atomic E-state index is 12.7. The van der Waals surface area contributed by atoms with Gasteiger partial charge in [-0.25, -0.2) is 5.01 Å². The molecule has 1 aromatic rings. The molecule has 4 nitrogen and oxygen atoms in total. The average Bonchev–Trinajstić information content (AvgIpc) is 2.46. The predicted molar refractivity (Wildman–Crippen MR) is 72.6 cm³/mol. The number of nitrogens with zero attached hydrogens (tertiary/aromatic N) is 2. The van der Waals surface area contributed by atoms with Gasteiger partial charge >= 0.3 is 0 Å². The molecule has 0 heterocycles. The predicted octanol–water partition coefficient (Wildman–Crippen LogP) is 3.69. The first-order valence-corrected chi connectivity index (χ1v) is 5.32. The highest BCUT2D eigenvalue weighted by Gasteiger charge is 2.31. The van der Waals surface area contributed by atoms with Crippen molar-refractivity contribution in [3.63, 3.8) is 0 Å². The van der Waals surface area contributed by atoms with Crippen LogP contribution in [0.2, 0.25) is 5.02 Å². The van der Waals surface area contributed by atoms with Crippen molar-refractivity contribution >= 4 is 17.4 Å². The van der Waals surface area contributed by atoms with Gasteiger partial charge in [0.25, 0.3) is 0 Å². The van der Waals surface area contributed by atoms with E-state index < -0.39 is 37.9 Å². The summed E-state index contributed by atoms with van der Waals surface area (Å²) in [6.07, 6.45) is 0. The van der Waals surface area contributed by atoms with Gasteiger partial charge in [0, 0.05) is 22.9 Å². The second-order valence-electron chi connectivity index (χ2n) is 3.69. The Hall–Kier alpha value is -1.42. The third-order valence-corrected chi connectivity index (χ3v) is 2.52. The Bertz CT molecular complexity index is 679. The van der Waals surface area contributed by atoms with E-state index in [1.165, 1.54) is 24.3 Å². The lowest BCUT2D eigenvalue weighted by Gasteiger charge is -2.34. The summed E-state index contributed by atoms with van der Waals surface area (Å²) >= 11 is 5.79. The lowest BCUT2D eigenvalue weighted by atomic mass is 10.0. The Morgan fingerprint density at radius 1 is 1.50 bits per heavy atom. The molecule has 0 aromatic heterocycles. The van der Waals surface area contributed by atoms with Crippen LogP contribution in [0.1, 0.15) is 50.2 Å². The second kappa shape index (κ2) is 5.48. The molecule has 0 saturated heterocycles. The zero-order valence-electron chi connectivity index (χ0n) is 18.5. The smallest absolute Gasteiger partial charge is 0.186 e. The fraction of sp³-hybridized carbons (Fsp3) is 0.462. The fourth-order valence-corrected chi connectivity index (χ4v) is 1.61. The zero-order chi connectivity index (χ0) is 21.4. The molecule has 0 N–H and O–H groups in total. The van der Waals surface area contributed by atoms with Crippen molar-refractivity contribution in [2.45, 2.75) is 39.1 Å². The van der Waals surface area contributed by atoms with Gasteiger partial charge in [-0.15, -0.1) is 4.91 Å². The molecule has 0 amide bonds. The van der Waals surface area contributed by atoms with E-state index in [0.717, 1.165) is 6.92 Å². The van der Waals surface area contributed by atoms with Crippen molar-refractivity contribution in [1.29, 1.82) is 0 Å². The van der Waals surface area contributed by atoms with Crippen LogP contribution in [-0.2, 0) is 0 Å². The van der Waals surface area contributed by atoms with Crippen molar-refractivity contribution in [2.24, 2.45) is 5.29 Å². The Morgan fingerprint density at radius 3 is 2.67 bits per heavy atom. The topological polar surface area (TPSA) is 49.7 Å². The Morgan fingerprint density at radius 2 is 2.17 bits per heavy atom. The lowest BCUT2D eigenvalue weighted by molar-refractivity contribution is 0.0623. The van der Waals surface area contributed by atoms with Gasteiger partial charge in [0.05, 0.1) is 10.8 Å². The third kappa shape index (κ3) is 3.29. The highest BCUT2D eigenvalue weighted by Crippen LogP contribution is 2.21. The standard InChI is InChI=1S/C13H17ClN2O2/c1-9(16(15-18)13(2,3)4)12(17)10-6-5-7-11(14)8-10/h5-9H,1-4H3/i2D3,3D3,4D3. The van der Waals surface area contributed by atoms with Crippen LogP contribution >= 0.6 is 11.6 Å². The lowest BCUT2D eigenvalue weighted by Crippen LogP contribution is -2.46. The van der Waals surface area contributed by atoms with Crippen molar-refractivity contribution < 1.29 is 17.1 Å². The number of ketones is 1. The molecule has 0 aliphatic rings. The summed E-state index contributed by atoms with van der Waals surface area (Å²) in [6.45, 7) is -10.1. The normalized spacial score (nSPS) is 22.4. The number of hydrogen-bond donors (Lipinski definition) is 0. The minimum Gasteiger partial charge on any atom is -0.292 e. The van der Waals surface area contributed by atoms with Crippen LogP contribution in [0.5, 0.6) is 0 Å². The molecule has 1 aromatic carbocycles. The van der Waals surface area contributed by atoms with E-state index in [1.807, 2.05) is 0 Å². The van der Waals surface area contributed by atoms with Crippen molar-refractivity contribution in [3.05, 3.63) is 39.8 Å². The number of benzene rings is 1. The zero-order valence-corrected chi connectivity index (χ0v) is 10.2. The van der Waals surface area contributed by atoms with Gasteiger partial charge in [-0.05, 0) is 39.6 Å². The van der Waals surface area contributed by atoms with Gasteiger partial charge in [0.15, 0.2) is 5.78 Å². The monoisotopic (exact) mass is 277 g/mol. The van der Waals surface area contributed by atoms with Crippen LogP contribution in [-0.4, -0.2) is 22.4 Å². The average molecular weight is 278 g/mol. The van der Waals surface area contributed by atoms with Crippen LogP contribution in [0.25, 0.3) is 0 Å². The molecule has 0 aliphatic heterocycles. The maximum Gasteiger partial charge on any atom is 0.186 e. The number of hydrogen-bond acceptors (Lipinski definition) is 3. The Balaban J connectivity index is 3.68. The number of nitroso groups, excluding NO2 is 1. The summed E-state index contributed by atoms with van der Waals surface area (Å²) in [5, 5.41) is 2.36. The summed E-state index contributed by atoms with van der Waals surface area (Å²) in [5.74, 6) is -0.917. The van der Waals surface area contributed by atoms with E-state index in [1.54, 1.807) is 0 Å². The fourth-order valence-electron chi connectivity index (χ4n) is 1.42. The number of carbonyl (C=O) groups excluding carboxylic acids is 1. The van der Waals surface area contributed by atoms with E-state index in [2.05, 4.69) is 5.29 Å². The molecule has 0 radical (unpaired) electrons. The van der Waals surface area contributed by atoms with Gasteiger partial charge in [0.2, 0.25) is 0 Å². The number of Topliss-reactive ketones (excluding diaryl/α,β-unsaturated/α-hetero) is 1. The van der Waals surface area contributed by atoms with Crippen molar-refractivity contribution in [1.82, 2.24) is 5.01 Å². The summed E-state index contributed by atoms with van der Waals surface area (Å²) in [6, 6.07) is 3.57. The summed E-state index contributed by atoms with van der Waals surface area (Å²) in [7, 11) is 0. The highest BCUT2D eigenvalue weighted by atomic mass is 35.5. The van der Waals surface area contributed by atoms with E-state index in [-0.39, 0.29) is 15.6 Å². The molecule has 98 valence electrons. The second-order valence-corrected chi connectivity index (χ2v) is 4.12. The third-order valence-electron chi connectivity index (χ3n) is 2.29. The largest absolute Gasteiger partial charge is 0.292 e. The minimum atomic E-state index is -3.71. The quantitative estimate of drug-likeness (QED) is 0.479. The summed E-state index contributed by atoms with van der Waals surface area (Å²) < 4.78 is 68.4. The van der Waals surface area contributed by atoms with Crippen molar-refractivity contribution in [2.75, 3.05) is 0 Å². The molecule has 5 heteroatoms. The first-order chi connectivity index (χ1) is 12.0. The summed E-state index contributed by atoms with van der Waals surface area (Å²) in [4.78, 5) is 24.2. The molecule has 1 unspecified atom stereocenters. The van der Waals surface area contributed by atoms with Crippen LogP contribution in [0.4, 0.5) is 0 Å². The molecular weight excluding hydrogens is 252 g/mol. The molecule has 1 atom stereocenters. The molecule has 0 spiro atoms. The van der Waals surface area contributed by atoms with Crippen LogP contribution in [0.3, 0.4) is 0 Å². The minimum absolute atomic E-state index is 0.0702. The summed E-state index contributed by atoms with van der Waals surface area (Å²) in [5.41, 5.74) is -3.76. The van der Waals surface area contributed by atoms with E-state index in [4.69, 9.17) is 23.9 Å². The highest BCUT2D eigenvalue weighted by molar-refractivity contribution is 6.31. The van der Waals surface area contributed by atoms with Gasteiger partial charge in [-0.2, -0.15) is 0 Å². The number of rotatable bonds is 4. The van der Waals surface area contributed by atoms with Crippen LogP contribution < -0.4 is 0 Å². The van der Waals surface area contributed by atoms with Gasteiger partial charge in [-0.3, -0.25) is 4.79 Å². The molecule has 0 saturated carbocycles. The molecule has 0 bridgehead atoms. The number of halogens is 1. The molecule has 0 aliphatic carbocycles. The first kappa shape index (κ1) is 6.15.